The molecule has 1 saturated heterocycles. The van der Waals surface area contributed by atoms with E-state index in [1.165, 1.54) is 16.8 Å². The number of aromatic nitrogens is 2. The van der Waals surface area contributed by atoms with Crippen LogP contribution in [0.5, 0.6) is 0 Å². The number of methoxy groups -OCH3 is 1. The van der Waals surface area contributed by atoms with Crippen LogP contribution in [0.1, 0.15) is 76.2 Å². The average Bonchev–Trinajstić information content (AvgIpc) is 3.75. The fourth-order valence-electron chi connectivity index (χ4n) is 5.99. The first-order valence-corrected chi connectivity index (χ1v) is 17.1. The Morgan fingerprint density at radius 2 is 1.13 bits per heavy atom. The molecule has 1 aromatic heterocycles. The lowest BCUT2D eigenvalue weighted by Gasteiger charge is -2.25. The molecule has 2 heterocycles. The molecule has 0 N–H and O–H groups in total. The Morgan fingerprint density at radius 3 is 1.65 bits per heavy atom. The Morgan fingerprint density at radius 1 is 0.630 bits per heavy atom. The van der Waals surface area contributed by atoms with Crippen LogP contribution in [0.4, 0.5) is 0 Å². The predicted octanol–water partition coefficient (Wildman–Crippen LogP) is 5.64. The summed E-state index contributed by atoms with van der Waals surface area (Å²) in [5, 5.41) is 4.50. The molecule has 0 radical (unpaired) electrons. The van der Waals surface area contributed by atoms with Crippen LogP contribution in [0.25, 0.3) is 0 Å². The molecule has 0 bridgehead atoms. The van der Waals surface area contributed by atoms with Crippen molar-refractivity contribution < 1.29 is 52.4 Å². The number of hydrogen-bond acceptors (Lipinski definition) is 12. The lowest BCUT2D eigenvalue weighted by Crippen LogP contribution is -2.41. The second kappa shape index (κ2) is 17.3. The van der Waals surface area contributed by atoms with Crippen molar-refractivity contribution in [2.45, 2.75) is 37.9 Å². The molecule has 276 valence electrons. The standard InChI is InChI=1S/C41H36N2O11/c1-3-50-40(47)31-32(41(48)49-2)42-43(24-26-16-8-4-9-17-26)33(31)35-36(54-39(46)29-22-14-7-15-23-29)34(53-38(45)28-20-12-6-13-21-28)30(52-35)25-51-37(44)27-18-10-5-11-19-27/h4-23,30,34-36H,3,24-25H2,1-2H3/t30-,34-,35+,36-/m1/s1. The van der Waals surface area contributed by atoms with Crippen LogP contribution in [-0.2, 0) is 35.0 Å². The van der Waals surface area contributed by atoms with Crippen molar-refractivity contribution >= 4 is 29.8 Å². The minimum atomic E-state index is -1.49. The fourth-order valence-corrected chi connectivity index (χ4v) is 5.99. The SMILES string of the molecule is CCOC(=O)c1c(C(=O)OC)nn(Cc2ccccc2)c1[C@@H]1O[C@H](COC(=O)c2ccccc2)[C@@H](OC(=O)c2ccccc2)[C@H]1OC(=O)c1ccccc1. The normalized spacial score (nSPS) is 17.6. The van der Waals surface area contributed by atoms with Crippen LogP contribution in [-0.4, -0.2) is 78.3 Å². The first-order chi connectivity index (χ1) is 26.3. The van der Waals surface area contributed by atoms with E-state index in [-0.39, 0.29) is 46.8 Å². The molecule has 0 saturated carbocycles. The van der Waals surface area contributed by atoms with Gasteiger partial charge in [0.1, 0.15) is 24.4 Å². The van der Waals surface area contributed by atoms with Crippen molar-refractivity contribution in [3.8, 4) is 0 Å². The topological polar surface area (TPSA) is 159 Å². The number of esters is 5. The molecule has 0 amide bonds. The molecule has 5 aromatic rings. The number of benzene rings is 4. The molecule has 0 unspecified atom stereocenters. The van der Waals surface area contributed by atoms with Gasteiger partial charge in [-0.1, -0.05) is 84.9 Å². The van der Waals surface area contributed by atoms with Gasteiger partial charge in [-0.15, -0.1) is 0 Å². The molecule has 0 spiro atoms. The van der Waals surface area contributed by atoms with E-state index < -0.39 is 60.9 Å². The highest BCUT2D eigenvalue weighted by Crippen LogP contribution is 2.41. The lowest BCUT2D eigenvalue weighted by atomic mass is 10.0. The number of nitrogens with zero attached hydrogens (tertiary/aromatic N) is 2. The molecule has 4 atom stereocenters. The number of rotatable bonds is 13. The minimum Gasteiger partial charge on any atom is -0.464 e. The highest BCUT2D eigenvalue weighted by atomic mass is 16.7. The van der Waals surface area contributed by atoms with E-state index in [1.54, 1.807) is 97.9 Å². The third kappa shape index (κ3) is 8.37. The lowest BCUT2D eigenvalue weighted by molar-refractivity contribution is -0.0454. The maximum Gasteiger partial charge on any atom is 0.359 e. The Hall–Kier alpha value is -6.60. The van der Waals surface area contributed by atoms with Crippen molar-refractivity contribution in [1.82, 2.24) is 9.78 Å². The summed E-state index contributed by atoms with van der Waals surface area (Å²) in [6, 6.07) is 33.5. The van der Waals surface area contributed by atoms with Crippen LogP contribution >= 0.6 is 0 Å². The summed E-state index contributed by atoms with van der Waals surface area (Å²) in [5.41, 5.74) is 0.622. The first-order valence-electron chi connectivity index (χ1n) is 17.1. The zero-order valence-corrected chi connectivity index (χ0v) is 29.4. The Balaban J connectivity index is 1.50. The second-order valence-electron chi connectivity index (χ2n) is 12.0. The van der Waals surface area contributed by atoms with Gasteiger partial charge in [-0.25, -0.2) is 24.0 Å². The molecular formula is C41H36N2O11. The molecule has 4 aromatic carbocycles. The zero-order chi connectivity index (χ0) is 38.0. The third-order valence-electron chi connectivity index (χ3n) is 8.50. The van der Waals surface area contributed by atoms with Gasteiger partial charge in [0, 0.05) is 0 Å². The molecule has 1 fully saturated rings. The highest BCUT2D eigenvalue weighted by Gasteiger charge is 2.54. The van der Waals surface area contributed by atoms with Crippen LogP contribution < -0.4 is 0 Å². The molecule has 13 heteroatoms. The van der Waals surface area contributed by atoms with E-state index in [0.29, 0.717) is 0 Å². The smallest absolute Gasteiger partial charge is 0.359 e. The Kier molecular flexibility index (Phi) is 11.9. The third-order valence-corrected chi connectivity index (χ3v) is 8.50. The summed E-state index contributed by atoms with van der Waals surface area (Å²) in [6.45, 7) is 1.08. The van der Waals surface area contributed by atoms with E-state index >= 15 is 0 Å². The predicted molar refractivity (Wildman–Crippen MR) is 191 cm³/mol. The summed E-state index contributed by atoms with van der Waals surface area (Å²) >= 11 is 0. The van der Waals surface area contributed by atoms with Crippen molar-refractivity contribution in [1.29, 1.82) is 0 Å². The van der Waals surface area contributed by atoms with Crippen LogP contribution in [0.15, 0.2) is 121 Å². The summed E-state index contributed by atoms with van der Waals surface area (Å²) in [6.07, 6.45) is -5.62. The van der Waals surface area contributed by atoms with Crippen LogP contribution in [0.2, 0.25) is 0 Å². The summed E-state index contributed by atoms with van der Waals surface area (Å²) in [5.74, 6) is -4.16. The molecule has 1 aliphatic rings. The highest BCUT2D eigenvalue weighted by molar-refractivity contribution is 6.03. The maximum atomic E-state index is 13.8. The molecule has 54 heavy (non-hydrogen) atoms. The Bertz CT molecular complexity index is 2090. The van der Waals surface area contributed by atoms with Crippen molar-refractivity contribution in [2.24, 2.45) is 0 Å². The summed E-state index contributed by atoms with van der Waals surface area (Å²) < 4.78 is 36.2. The summed E-state index contributed by atoms with van der Waals surface area (Å²) in [7, 11) is 1.14. The van der Waals surface area contributed by atoms with E-state index in [1.807, 2.05) is 18.2 Å². The van der Waals surface area contributed by atoms with Gasteiger partial charge < -0.3 is 28.4 Å². The number of ether oxygens (including phenoxy) is 6. The molecular weight excluding hydrogens is 696 g/mol. The van der Waals surface area contributed by atoms with Gasteiger partial charge in [0.25, 0.3) is 0 Å². The van der Waals surface area contributed by atoms with Crippen LogP contribution in [0, 0.1) is 0 Å². The quantitative estimate of drug-likeness (QED) is 0.108. The maximum absolute atomic E-state index is 13.8. The van der Waals surface area contributed by atoms with Crippen molar-refractivity contribution in [3.05, 3.63) is 161 Å². The number of carbonyl (C=O) groups excluding carboxylic acids is 5. The van der Waals surface area contributed by atoms with Gasteiger partial charge in [-0.05, 0) is 48.9 Å². The zero-order valence-electron chi connectivity index (χ0n) is 29.4. The largest absolute Gasteiger partial charge is 0.464 e. The van der Waals surface area contributed by atoms with E-state index in [9.17, 15) is 24.0 Å². The van der Waals surface area contributed by atoms with Gasteiger partial charge >= 0.3 is 29.8 Å². The van der Waals surface area contributed by atoms with Gasteiger partial charge in [0.15, 0.2) is 17.9 Å². The van der Waals surface area contributed by atoms with E-state index in [2.05, 4.69) is 5.10 Å². The Labute approximate surface area is 310 Å². The first kappa shape index (κ1) is 37.2. The van der Waals surface area contributed by atoms with Crippen LogP contribution in [0.3, 0.4) is 0 Å². The monoisotopic (exact) mass is 732 g/mol. The van der Waals surface area contributed by atoms with E-state index in [4.69, 9.17) is 28.4 Å². The van der Waals surface area contributed by atoms with Crippen molar-refractivity contribution in [3.63, 3.8) is 0 Å². The van der Waals surface area contributed by atoms with E-state index in [0.717, 1.165) is 12.7 Å². The van der Waals surface area contributed by atoms with Gasteiger partial charge in [0.2, 0.25) is 0 Å². The summed E-state index contributed by atoms with van der Waals surface area (Å²) in [4.78, 5) is 67.6. The van der Waals surface area contributed by atoms with Gasteiger partial charge in [-0.2, -0.15) is 5.10 Å². The second-order valence-corrected chi connectivity index (χ2v) is 12.0. The van der Waals surface area contributed by atoms with Crippen molar-refractivity contribution in [2.75, 3.05) is 20.3 Å². The number of hydrogen-bond donors (Lipinski definition) is 0. The molecule has 0 aliphatic carbocycles. The fraction of sp³-hybridized carbons (Fsp3) is 0.220. The molecule has 1 aliphatic heterocycles. The van der Waals surface area contributed by atoms with Gasteiger partial charge in [0.05, 0.1) is 42.6 Å². The molecule has 6 rings (SSSR count). The number of carbonyl (C=O) groups is 5. The average molecular weight is 733 g/mol. The molecule has 13 nitrogen and oxygen atoms in total. The van der Waals surface area contributed by atoms with Gasteiger partial charge in [-0.3, -0.25) is 4.68 Å². The minimum absolute atomic E-state index is 0.0148.